The summed E-state index contributed by atoms with van der Waals surface area (Å²) in [4.78, 5) is 0. The largest absolute Gasteiger partial charge is 0.497 e. The van der Waals surface area contributed by atoms with Crippen molar-refractivity contribution in [2.24, 2.45) is 0 Å². The Morgan fingerprint density at radius 1 is 0.955 bits per heavy atom. The van der Waals surface area contributed by atoms with Gasteiger partial charge >= 0.3 is 10.4 Å². The second-order valence-corrected chi connectivity index (χ2v) is 4.57. The van der Waals surface area contributed by atoms with Crippen molar-refractivity contribution in [2.75, 3.05) is 12.4 Å². The highest BCUT2D eigenvalue weighted by Gasteiger charge is 1.95. The van der Waals surface area contributed by atoms with E-state index in [1.807, 2.05) is 54.6 Å². The first-order valence-electron chi connectivity index (χ1n) is 5.74. The number of ether oxygens (including phenoxy) is 1. The van der Waals surface area contributed by atoms with Gasteiger partial charge < -0.3 is 10.1 Å². The van der Waals surface area contributed by atoms with Gasteiger partial charge in [0.15, 0.2) is 0 Å². The molecule has 0 bridgehead atoms. The van der Waals surface area contributed by atoms with Gasteiger partial charge in [-0.15, -0.1) is 0 Å². The molecule has 22 heavy (non-hydrogen) atoms. The Labute approximate surface area is 128 Å². The summed E-state index contributed by atoms with van der Waals surface area (Å²) in [6.07, 6.45) is 0. The van der Waals surface area contributed by atoms with Crippen molar-refractivity contribution in [1.29, 1.82) is 10.8 Å². The number of hydrogen-bond acceptors (Lipinski definition) is 6. The van der Waals surface area contributed by atoms with Crippen LogP contribution >= 0.6 is 0 Å². The quantitative estimate of drug-likeness (QED) is 0.577. The molecule has 0 radical (unpaired) electrons. The molecule has 0 heterocycles. The maximum atomic E-state index is 8.74. The van der Waals surface area contributed by atoms with Gasteiger partial charge in [0.25, 0.3) is 0 Å². The Kier molecular flexibility index (Phi) is 8.89. The number of nitrogens with one attached hydrogen (secondary N) is 1. The Morgan fingerprint density at radius 3 is 1.95 bits per heavy atom. The summed E-state index contributed by atoms with van der Waals surface area (Å²) in [5.74, 6) is 0.857. The van der Waals surface area contributed by atoms with Gasteiger partial charge in [-0.3, -0.25) is 9.11 Å². The van der Waals surface area contributed by atoms with Crippen molar-refractivity contribution in [1.82, 2.24) is 0 Å². The standard InChI is InChI=1S/C13H13NO.N2.H2O4S/c1-15-13-9-5-8-12(10-13)14-11-6-3-2-4-7-11;1-2;1-5(2,3)4/h2-10,14H,1H3;;(H2,1,2,3,4). The molecular weight excluding hydrogens is 310 g/mol. The van der Waals surface area contributed by atoms with E-state index in [1.165, 1.54) is 0 Å². The number of rotatable bonds is 3. The van der Waals surface area contributed by atoms with Crippen LogP contribution in [0.1, 0.15) is 0 Å². The van der Waals surface area contributed by atoms with Gasteiger partial charge in [-0.2, -0.15) is 8.42 Å². The van der Waals surface area contributed by atoms with Crippen molar-refractivity contribution in [3.63, 3.8) is 0 Å². The fraction of sp³-hybridized carbons (Fsp3) is 0.0769. The van der Waals surface area contributed by atoms with Crippen LogP contribution < -0.4 is 10.1 Å². The number of para-hydroxylation sites is 1. The van der Waals surface area contributed by atoms with Crippen LogP contribution in [0.4, 0.5) is 11.4 Å². The summed E-state index contributed by atoms with van der Waals surface area (Å²) in [7, 11) is -3.00. The maximum Gasteiger partial charge on any atom is 0.394 e. The van der Waals surface area contributed by atoms with E-state index < -0.39 is 10.4 Å². The molecule has 2 rings (SSSR count). The highest BCUT2D eigenvalue weighted by molar-refractivity contribution is 7.79. The highest BCUT2D eigenvalue weighted by Crippen LogP contribution is 2.20. The topological polar surface area (TPSA) is 143 Å². The summed E-state index contributed by atoms with van der Waals surface area (Å²) in [6, 6.07) is 17.9. The van der Waals surface area contributed by atoms with Crippen molar-refractivity contribution < 1.29 is 22.3 Å². The van der Waals surface area contributed by atoms with Crippen molar-refractivity contribution in [2.45, 2.75) is 0 Å². The Bertz CT molecular complexity index is 666. The lowest BCUT2D eigenvalue weighted by Gasteiger charge is -2.07. The van der Waals surface area contributed by atoms with E-state index in [2.05, 4.69) is 5.32 Å². The number of hydrogen-bond donors (Lipinski definition) is 3. The molecule has 0 spiro atoms. The third-order valence-corrected chi connectivity index (χ3v) is 2.13. The number of methoxy groups -OCH3 is 1. The molecule has 8 nitrogen and oxygen atoms in total. The molecule has 0 unspecified atom stereocenters. The molecule has 0 saturated heterocycles. The molecule has 118 valence electrons. The van der Waals surface area contributed by atoms with Gasteiger partial charge in [-0.05, 0) is 24.3 Å². The summed E-state index contributed by atoms with van der Waals surface area (Å²) in [5.41, 5.74) is 2.10. The average Bonchev–Trinajstić information content (AvgIpc) is 2.49. The van der Waals surface area contributed by atoms with Crippen molar-refractivity contribution in [3.05, 3.63) is 54.6 Å². The summed E-state index contributed by atoms with van der Waals surface area (Å²) in [6.45, 7) is 0. The van der Waals surface area contributed by atoms with E-state index in [1.54, 1.807) is 7.11 Å². The second-order valence-electron chi connectivity index (χ2n) is 3.67. The predicted molar refractivity (Wildman–Crippen MR) is 80.3 cm³/mol. The molecule has 2 aromatic rings. The molecule has 0 atom stereocenters. The maximum absolute atomic E-state index is 8.74. The molecule has 0 aromatic heterocycles. The van der Waals surface area contributed by atoms with Crippen molar-refractivity contribution in [3.8, 4) is 5.75 Å². The van der Waals surface area contributed by atoms with E-state index in [-0.39, 0.29) is 0 Å². The molecule has 0 aliphatic heterocycles. The minimum absolute atomic E-state index is 0.857. The highest BCUT2D eigenvalue weighted by atomic mass is 32.3. The molecule has 0 amide bonds. The lowest BCUT2D eigenvalue weighted by atomic mass is 10.2. The Morgan fingerprint density at radius 2 is 1.45 bits per heavy atom. The minimum atomic E-state index is -4.67. The molecular formula is C13H15N3O5S. The third-order valence-electron chi connectivity index (χ3n) is 2.13. The van der Waals surface area contributed by atoms with E-state index in [4.69, 9.17) is 33.0 Å². The van der Waals surface area contributed by atoms with E-state index in [0.717, 1.165) is 17.1 Å². The molecule has 0 saturated carbocycles. The summed E-state index contributed by atoms with van der Waals surface area (Å²) < 4.78 is 36.7. The van der Waals surface area contributed by atoms with Gasteiger partial charge in [0.05, 0.1) is 7.11 Å². The SMILES string of the molecule is COc1cccc(Nc2ccccc2)c1.N#N.O=S(=O)(O)O. The molecule has 2 aromatic carbocycles. The zero-order chi connectivity index (χ0) is 17.0. The van der Waals surface area contributed by atoms with Crippen LogP contribution in [0.2, 0.25) is 0 Å². The van der Waals surface area contributed by atoms with Crippen LogP contribution in [0.25, 0.3) is 0 Å². The van der Waals surface area contributed by atoms with Crippen LogP contribution in [0.15, 0.2) is 54.6 Å². The molecule has 9 heteroatoms. The third kappa shape index (κ3) is 10.2. The normalized spacial score (nSPS) is 9.32. The smallest absolute Gasteiger partial charge is 0.394 e. The van der Waals surface area contributed by atoms with Crippen LogP contribution in [-0.4, -0.2) is 24.6 Å². The van der Waals surface area contributed by atoms with Gasteiger partial charge in [0.1, 0.15) is 5.75 Å². The number of benzene rings is 2. The molecule has 0 aliphatic carbocycles. The average molecular weight is 325 g/mol. The van der Waals surface area contributed by atoms with E-state index in [9.17, 15) is 0 Å². The van der Waals surface area contributed by atoms with E-state index >= 15 is 0 Å². The molecule has 3 N–H and O–H groups in total. The monoisotopic (exact) mass is 325 g/mol. The van der Waals surface area contributed by atoms with Gasteiger partial charge in [0, 0.05) is 28.2 Å². The predicted octanol–water partition coefficient (Wildman–Crippen LogP) is 2.82. The van der Waals surface area contributed by atoms with Gasteiger partial charge in [0.2, 0.25) is 0 Å². The zero-order valence-electron chi connectivity index (χ0n) is 11.6. The minimum Gasteiger partial charge on any atom is -0.497 e. The molecule has 0 aliphatic rings. The first-order valence-corrected chi connectivity index (χ1v) is 7.14. The number of nitrogens with zero attached hydrogens (tertiary/aromatic N) is 2. The van der Waals surface area contributed by atoms with Gasteiger partial charge in [-0.1, -0.05) is 24.3 Å². The summed E-state index contributed by atoms with van der Waals surface area (Å²) >= 11 is 0. The van der Waals surface area contributed by atoms with E-state index in [0.29, 0.717) is 0 Å². The van der Waals surface area contributed by atoms with Crippen molar-refractivity contribution >= 4 is 21.8 Å². The fourth-order valence-corrected chi connectivity index (χ4v) is 1.39. The van der Waals surface area contributed by atoms with Gasteiger partial charge in [-0.25, -0.2) is 0 Å². The second kappa shape index (κ2) is 10.1. The fourth-order valence-electron chi connectivity index (χ4n) is 1.39. The Balaban J connectivity index is 0.000000540. The summed E-state index contributed by atoms with van der Waals surface area (Å²) in [5, 5.41) is 15.3. The lowest BCUT2D eigenvalue weighted by molar-refractivity contribution is 0.381. The Hall–Kier alpha value is -2.67. The molecule has 0 fully saturated rings. The van der Waals surface area contributed by atoms with Crippen LogP contribution in [0, 0.1) is 10.8 Å². The van der Waals surface area contributed by atoms with Crippen LogP contribution in [0.3, 0.4) is 0 Å². The number of anilines is 2. The first kappa shape index (κ1) is 19.3. The lowest BCUT2D eigenvalue weighted by Crippen LogP contribution is -1.90. The van der Waals surface area contributed by atoms with Crippen LogP contribution in [0.5, 0.6) is 5.75 Å². The zero-order valence-corrected chi connectivity index (χ0v) is 12.4. The van der Waals surface area contributed by atoms with Crippen LogP contribution in [-0.2, 0) is 10.4 Å². The first-order chi connectivity index (χ1) is 10.4.